The number of rotatable bonds is 3. The molecule has 0 radical (unpaired) electrons. The number of nitrogens with zero attached hydrogens (tertiary/aromatic N) is 3. The molecular weight excluding hydrogens is 308 g/mol. The van der Waals surface area contributed by atoms with E-state index >= 15 is 0 Å². The summed E-state index contributed by atoms with van der Waals surface area (Å²) in [5, 5.41) is 10.7. The zero-order valence-electron chi connectivity index (χ0n) is 11.1. The predicted octanol–water partition coefficient (Wildman–Crippen LogP) is 2.98. The second-order valence-electron chi connectivity index (χ2n) is 4.47. The molecule has 110 valence electrons. The molecule has 0 unspecified atom stereocenters. The van der Waals surface area contributed by atoms with Gasteiger partial charge in [-0.05, 0) is 18.2 Å². The summed E-state index contributed by atoms with van der Waals surface area (Å²) in [6, 6.07) is 11.0. The number of nitro benzene ring substituents is 1. The van der Waals surface area contributed by atoms with Crippen molar-refractivity contribution in [1.82, 2.24) is 9.66 Å². The Labute approximate surface area is 129 Å². The Morgan fingerprint density at radius 1 is 1.27 bits per heavy atom. The number of aromatic nitrogens is 2. The van der Waals surface area contributed by atoms with Crippen LogP contribution in [-0.4, -0.2) is 20.5 Å². The second-order valence-corrected chi connectivity index (χ2v) is 4.87. The van der Waals surface area contributed by atoms with E-state index in [-0.39, 0.29) is 16.3 Å². The highest BCUT2D eigenvalue weighted by Gasteiger charge is 2.15. The van der Waals surface area contributed by atoms with Crippen LogP contribution in [0.15, 0.2) is 48.8 Å². The molecule has 0 bridgehead atoms. The Hall–Kier alpha value is -2.93. The SMILES string of the molecule is O=C(Nn1cnc2ccccc21)c1ccc([N+](=O)[O-])cc1Cl. The number of amides is 1. The Balaban J connectivity index is 1.90. The molecule has 0 spiro atoms. The van der Waals surface area contributed by atoms with Crippen molar-refractivity contribution in [2.45, 2.75) is 0 Å². The van der Waals surface area contributed by atoms with Crippen LogP contribution in [0.3, 0.4) is 0 Å². The fraction of sp³-hybridized carbons (Fsp3) is 0. The second kappa shape index (κ2) is 5.45. The number of non-ortho nitro benzene ring substituents is 1. The predicted molar refractivity (Wildman–Crippen MR) is 81.5 cm³/mol. The zero-order valence-corrected chi connectivity index (χ0v) is 11.8. The molecule has 1 N–H and O–H groups in total. The molecule has 0 aliphatic carbocycles. The molecule has 3 aromatic rings. The van der Waals surface area contributed by atoms with Gasteiger partial charge in [0.2, 0.25) is 0 Å². The Morgan fingerprint density at radius 3 is 2.77 bits per heavy atom. The Bertz CT molecular complexity index is 891. The third-order valence-electron chi connectivity index (χ3n) is 3.08. The van der Waals surface area contributed by atoms with E-state index in [1.165, 1.54) is 23.1 Å². The van der Waals surface area contributed by atoms with Crippen molar-refractivity contribution >= 4 is 34.2 Å². The van der Waals surface area contributed by atoms with Gasteiger partial charge in [-0.2, -0.15) is 0 Å². The number of benzene rings is 2. The van der Waals surface area contributed by atoms with Crippen LogP contribution >= 0.6 is 11.6 Å². The van der Waals surface area contributed by atoms with Crippen molar-refractivity contribution in [3.8, 4) is 0 Å². The zero-order chi connectivity index (χ0) is 15.7. The average Bonchev–Trinajstić information content (AvgIpc) is 2.90. The van der Waals surface area contributed by atoms with Crippen LogP contribution in [-0.2, 0) is 0 Å². The van der Waals surface area contributed by atoms with Crippen LogP contribution in [0.4, 0.5) is 5.69 Å². The molecule has 0 aliphatic heterocycles. The van der Waals surface area contributed by atoms with Crippen molar-refractivity contribution in [2.75, 3.05) is 5.43 Å². The van der Waals surface area contributed by atoms with E-state index in [2.05, 4.69) is 10.4 Å². The van der Waals surface area contributed by atoms with Gasteiger partial charge in [0, 0.05) is 12.1 Å². The number of para-hydroxylation sites is 2. The fourth-order valence-corrected chi connectivity index (χ4v) is 2.28. The van der Waals surface area contributed by atoms with E-state index in [4.69, 9.17) is 11.6 Å². The number of imidazole rings is 1. The summed E-state index contributed by atoms with van der Waals surface area (Å²) in [6.45, 7) is 0. The molecule has 22 heavy (non-hydrogen) atoms. The highest BCUT2D eigenvalue weighted by Crippen LogP contribution is 2.22. The highest BCUT2D eigenvalue weighted by atomic mass is 35.5. The first-order valence-corrected chi connectivity index (χ1v) is 6.61. The van der Waals surface area contributed by atoms with Crippen LogP contribution in [0.2, 0.25) is 5.02 Å². The molecule has 1 heterocycles. The third-order valence-corrected chi connectivity index (χ3v) is 3.40. The van der Waals surface area contributed by atoms with Crippen molar-refractivity contribution in [1.29, 1.82) is 0 Å². The van der Waals surface area contributed by atoms with Gasteiger partial charge in [-0.25, -0.2) is 9.66 Å². The summed E-state index contributed by atoms with van der Waals surface area (Å²) < 4.78 is 1.47. The van der Waals surface area contributed by atoms with Crippen molar-refractivity contribution in [2.24, 2.45) is 0 Å². The first-order valence-electron chi connectivity index (χ1n) is 6.23. The summed E-state index contributed by atoms with van der Waals surface area (Å²) in [5.74, 6) is -0.483. The highest BCUT2D eigenvalue weighted by molar-refractivity contribution is 6.34. The summed E-state index contributed by atoms with van der Waals surface area (Å²) >= 11 is 5.94. The molecule has 0 atom stereocenters. The van der Waals surface area contributed by atoms with Gasteiger partial charge in [-0.1, -0.05) is 23.7 Å². The van der Waals surface area contributed by atoms with Crippen LogP contribution < -0.4 is 5.43 Å². The van der Waals surface area contributed by atoms with Crippen LogP contribution in [0.5, 0.6) is 0 Å². The lowest BCUT2D eigenvalue weighted by Gasteiger charge is -2.08. The molecule has 0 aliphatic rings. The summed E-state index contributed by atoms with van der Waals surface area (Å²) in [6.07, 6.45) is 1.47. The molecule has 1 aromatic heterocycles. The molecule has 8 heteroatoms. The van der Waals surface area contributed by atoms with Crippen LogP contribution in [0, 0.1) is 10.1 Å². The van der Waals surface area contributed by atoms with E-state index in [1.54, 1.807) is 6.07 Å². The topological polar surface area (TPSA) is 90.1 Å². The molecule has 0 fully saturated rings. The molecule has 7 nitrogen and oxygen atoms in total. The number of carbonyl (C=O) groups is 1. The monoisotopic (exact) mass is 316 g/mol. The van der Waals surface area contributed by atoms with Crippen molar-refractivity contribution < 1.29 is 9.72 Å². The van der Waals surface area contributed by atoms with Gasteiger partial charge < -0.3 is 0 Å². The van der Waals surface area contributed by atoms with Gasteiger partial charge in [-0.3, -0.25) is 20.3 Å². The maximum absolute atomic E-state index is 12.2. The number of fused-ring (bicyclic) bond motifs is 1. The number of nitrogens with one attached hydrogen (secondary N) is 1. The molecule has 0 saturated carbocycles. The minimum Gasteiger partial charge on any atom is -0.267 e. The lowest BCUT2D eigenvalue weighted by molar-refractivity contribution is -0.384. The van der Waals surface area contributed by atoms with Crippen LogP contribution in [0.25, 0.3) is 11.0 Å². The van der Waals surface area contributed by atoms with Crippen molar-refractivity contribution in [3.05, 3.63) is 69.5 Å². The summed E-state index contributed by atoms with van der Waals surface area (Å²) in [5.41, 5.74) is 4.07. The first kappa shape index (κ1) is 14.0. The standard InChI is InChI=1S/C14H9ClN4O3/c15-11-7-9(19(21)22)5-6-10(11)14(20)17-18-8-16-12-3-1-2-4-13(12)18/h1-8H,(H,17,20). The molecule has 2 aromatic carbocycles. The third kappa shape index (κ3) is 2.49. The normalized spacial score (nSPS) is 10.6. The van der Waals surface area contributed by atoms with Crippen molar-refractivity contribution in [3.63, 3.8) is 0 Å². The molecule has 1 amide bonds. The minimum absolute atomic E-state index is 0.0103. The summed E-state index contributed by atoms with van der Waals surface area (Å²) in [4.78, 5) is 26.5. The Kier molecular flexibility index (Phi) is 3.48. The van der Waals surface area contributed by atoms with Gasteiger partial charge in [0.1, 0.15) is 6.33 Å². The average molecular weight is 317 g/mol. The van der Waals surface area contributed by atoms with E-state index in [0.717, 1.165) is 17.1 Å². The van der Waals surface area contributed by atoms with Crippen LogP contribution in [0.1, 0.15) is 10.4 Å². The lowest BCUT2D eigenvalue weighted by atomic mass is 10.2. The van der Waals surface area contributed by atoms with Gasteiger partial charge in [0.15, 0.2) is 0 Å². The molecule has 0 saturated heterocycles. The number of hydrogen-bond acceptors (Lipinski definition) is 4. The minimum atomic E-state index is -0.572. The summed E-state index contributed by atoms with van der Waals surface area (Å²) in [7, 11) is 0. The number of halogens is 1. The quantitative estimate of drug-likeness (QED) is 0.594. The Morgan fingerprint density at radius 2 is 2.05 bits per heavy atom. The van der Waals surface area contributed by atoms with E-state index in [0.29, 0.717) is 0 Å². The smallest absolute Gasteiger partial charge is 0.267 e. The lowest BCUT2D eigenvalue weighted by Crippen LogP contribution is -2.22. The number of carbonyl (C=O) groups excluding carboxylic acids is 1. The largest absolute Gasteiger partial charge is 0.271 e. The number of nitro groups is 1. The fourth-order valence-electron chi connectivity index (χ4n) is 2.02. The van der Waals surface area contributed by atoms with Gasteiger partial charge in [0.25, 0.3) is 11.6 Å². The first-order chi connectivity index (χ1) is 10.6. The van der Waals surface area contributed by atoms with E-state index < -0.39 is 10.8 Å². The van der Waals surface area contributed by atoms with Gasteiger partial charge >= 0.3 is 0 Å². The van der Waals surface area contributed by atoms with Gasteiger partial charge in [0.05, 0.1) is 26.5 Å². The maximum Gasteiger partial charge on any atom is 0.271 e. The maximum atomic E-state index is 12.2. The molecular formula is C14H9ClN4O3. The van der Waals surface area contributed by atoms with Gasteiger partial charge in [-0.15, -0.1) is 0 Å². The van der Waals surface area contributed by atoms with E-state index in [1.807, 2.05) is 18.2 Å². The number of hydrogen-bond donors (Lipinski definition) is 1. The van der Waals surface area contributed by atoms with E-state index in [9.17, 15) is 14.9 Å². The molecule has 3 rings (SSSR count).